The van der Waals surface area contributed by atoms with Crippen molar-refractivity contribution in [2.75, 3.05) is 17.2 Å². The average molecular weight is 576 g/mol. The van der Waals surface area contributed by atoms with E-state index in [-0.39, 0.29) is 39.6 Å². The molecule has 5 rings (SSSR count). The summed E-state index contributed by atoms with van der Waals surface area (Å²) in [6.07, 6.45) is 0. The van der Waals surface area contributed by atoms with Crippen molar-refractivity contribution >= 4 is 75.2 Å². The lowest BCUT2D eigenvalue weighted by Gasteiger charge is -2.49. The molecule has 0 radical (unpaired) electrons. The van der Waals surface area contributed by atoms with Gasteiger partial charge in [0.15, 0.2) is 5.13 Å². The summed E-state index contributed by atoms with van der Waals surface area (Å²) in [7, 11) is 0. The quantitative estimate of drug-likeness (QED) is 0.0856. The van der Waals surface area contributed by atoms with E-state index in [0.717, 1.165) is 16.2 Å². The zero-order chi connectivity index (χ0) is 27.3. The number of aliphatic carboxylic acids is 1. The molecule has 15 nitrogen and oxygen atoms in total. The van der Waals surface area contributed by atoms with Gasteiger partial charge in [-0.2, -0.15) is 4.98 Å². The summed E-state index contributed by atoms with van der Waals surface area (Å²) in [6.45, 7) is 1.74. The highest BCUT2D eigenvalue weighted by Gasteiger charge is 2.54. The number of amides is 3. The van der Waals surface area contributed by atoms with E-state index in [4.69, 9.17) is 11.5 Å². The Bertz CT molecular complexity index is 1580. The number of carbonyl (C=O) groups is 5. The number of thioether (sulfide) groups is 2. The van der Waals surface area contributed by atoms with Gasteiger partial charge in [-0.3, -0.25) is 24.1 Å². The second-order valence-corrected chi connectivity index (χ2v) is 11.0. The Morgan fingerprint density at radius 2 is 2.03 bits per heavy atom. The third kappa shape index (κ3) is 4.45. The largest absolute Gasteiger partial charge is 0.477 e. The van der Waals surface area contributed by atoms with Crippen LogP contribution in [0.3, 0.4) is 0 Å². The number of carbonyl (C=O) groups excluding carboxylic acids is 4. The van der Waals surface area contributed by atoms with Gasteiger partial charge in [-0.25, -0.2) is 19.3 Å². The smallest absolute Gasteiger partial charge is 0.352 e. The van der Waals surface area contributed by atoms with Crippen molar-refractivity contribution in [3.8, 4) is 0 Å². The van der Waals surface area contributed by atoms with E-state index in [1.165, 1.54) is 33.4 Å². The third-order valence-corrected chi connectivity index (χ3v) is 8.59. The van der Waals surface area contributed by atoms with Crippen LogP contribution in [0.1, 0.15) is 26.8 Å². The Hall–Kier alpha value is -4.03. The number of hydrogen-bond acceptors (Lipinski definition) is 13. The molecule has 3 aromatic heterocycles. The molecule has 0 spiro atoms. The van der Waals surface area contributed by atoms with Gasteiger partial charge < -0.3 is 21.9 Å². The first-order valence-corrected chi connectivity index (χ1v) is 13.6. The number of fused-ring (bicyclic) bond motifs is 2. The third-order valence-electron chi connectivity index (χ3n) is 5.58. The second kappa shape index (κ2) is 9.69. The maximum Gasteiger partial charge on any atom is 0.352 e. The van der Waals surface area contributed by atoms with E-state index >= 15 is 0 Å². The zero-order valence-corrected chi connectivity index (χ0v) is 21.7. The minimum atomic E-state index is -1.29. The van der Waals surface area contributed by atoms with Crippen LogP contribution in [0, 0.1) is 6.92 Å². The van der Waals surface area contributed by atoms with E-state index < -0.39 is 40.9 Å². The van der Waals surface area contributed by atoms with Crippen LogP contribution >= 0.6 is 34.9 Å². The maximum atomic E-state index is 12.9. The van der Waals surface area contributed by atoms with E-state index in [9.17, 15) is 29.1 Å². The first kappa shape index (κ1) is 25.6. The number of carboxylic acids is 1. The van der Waals surface area contributed by atoms with Gasteiger partial charge in [0.05, 0.1) is 0 Å². The van der Waals surface area contributed by atoms with Gasteiger partial charge in [-0.1, -0.05) is 0 Å². The van der Waals surface area contributed by atoms with Crippen LogP contribution in [0.4, 0.5) is 5.13 Å². The highest BCUT2D eigenvalue weighted by molar-refractivity contribution is 8.01. The molecular weight excluding hydrogens is 558 g/mol. The number of primary amides is 1. The molecule has 18 heteroatoms. The molecule has 38 heavy (non-hydrogen) atoms. The van der Waals surface area contributed by atoms with Crippen LogP contribution < -0.4 is 16.8 Å². The van der Waals surface area contributed by atoms with Crippen molar-refractivity contribution in [2.24, 2.45) is 5.73 Å². The Kier molecular flexibility index (Phi) is 6.53. The van der Waals surface area contributed by atoms with Gasteiger partial charge in [-0.15, -0.1) is 40.0 Å². The number of anilines is 1. The Morgan fingerprint density at radius 1 is 1.26 bits per heavy atom. The van der Waals surface area contributed by atoms with Crippen LogP contribution in [0.2, 0.25) is 0 Å². The van der Waals surface area contributed by atoms with Crippen molar-refractivity contribution in [3.05, 3.63) is 39.9 Å². The Labute approximate surface area is 225 Å². The maximum absolute atomic E-state index is 12.9. The molecule has 6 N–H and O–H groups in total. The van der Waals surface area contributed by atoms with Gasteiger partial charge in [0.2, 0.25) is 5.82 Å². The number of hydrogen-bond donors (Lipinski definition) is 4. The van der Waals surface area contributed by atoms with Crippen LogP contribution in [0.5, 0.6) is 0 Å². The number of ketones is 1. The fourth-order valence-electron chi connectivity index (χ4n) is 3.83. The molecule has 0 bridgehead atoms. The minimum absolute atomic E-state index is 0.124. The second-order valence-electron chi connectivity index (χ2n) is 8.05. The molecule has 3 aromatic rings. The van der Waals surface area contributed by atoms with Crippen molar-refractivity contribution in [3.63, 3.8) is 0 Å². The fraction of sp³-hybridized carbons (Fsp3) is 0.250. The van der Waals surface area contributed by atoms with E-state index in [2.05, 4.69) is 25.4 Å². The molecule has 0 aliphatic carbocycles. The standard InChI is InChI=1S/C20H17N9O6S3/c1-6-2-9(24-20-26-14(13(21)31)27-29(6)20)36-3-7-4-37-17-10(16(33)28(17)11(7)18(34)35)25-15(32)12(30)8-5-38-19(22)23-8/h2,5,10,17H,3-4H2,1H3,(H2,21,31)(H2,22,23)(H,25,32)(H,34,35)/t10-,17-/m1/s1. The predicted molar refractivity (Wildman–Crippen MR) is 135 cm³/mol. The molecule has 5 heterocycles. The first-order chi connectivity index (χ1) is 18.0. The molecule has 1 saturated heterocycles. The Morgan fingerprint density at radius 3 is 2.68 bits per heavy atom. The van der Waals surface area contributed by atoms with Crippen molar-refractivity contribution in [1.29, 1.82) is 0 Å². The summed E-state index contributed by atoms with van der Waals surface area (Å²) in [4.78, 5) is 74.2. The summed E-state index contributed by atoms with van der Waals surface area (Å²) in [5.41, 5.74) is 11.5. The van der Waals surface area contributed by atoms with Gasteiger partial charge in [-0.05, 0) is 18.6 Å². The number of β-lactam (4-membered cyclic amide) rings is 1. The molecule has 196 valence electrons. The van der Waals surface area contributed by atoms with Crippen LogP contribution in [-0.4, -0.2) is 87.0 Å². The molecule has 2 atom stereocenters. The Balaban J connectivity index is 1.31. The average Bonchev–Trinajstić information content (AvgIpc) is 3.51. The lowest BCUT2D eigenvalue weighted by Crippen LogP contribution is -2.71. The van der Waals surface area contributed by atoms with E-state index in [1.54, 1.807) is 13.0 Å². The van der Waals surface area contributed by atoms with Crippen LogP contribution in [0.25, 0.3) is 5.78 Å². The summed E-state index contributed by atoms with van der Waals surface area (Å²) in [5.74, 6) is -4.23. The lowest BCUT2D eigenvalue weighted by atomic mass is 10.0. The number of nitrogens with one attached hydrogen (secondary N) is 1. The summed E-state index contributed by atoms with van der Waals surface area (Å²) < 4.78 is 1.37. The molecule has 0 saturated carbocycles. The number of Topliss-reactive ketones (excluding diaryl/α,β-unsaturated/α-hetero) is 1. The van der Waals surface area contributed by atoms with Crippen molar-refractivity contribution < 1.29 is 29.1 Å². The van der Waals surface area contributed by atoms with Gasteiger partial charge in [0.25, 0.3) is 29.3 Å². The molecule has 2 aliphatic rings. The summed E-state index contributed by atoms with van der Waals surface area (Å²) >= 11 is 3.49. The normalized spacial score (nSPS) is 18.8. The summed E-state index contributed by atoms with van der Waals surface area (Å²) in [5, 5.41) is 17.5. The highest BCUT2D eigenvalue weighted by Crippen LogP contribution is 2.41. The molecule has 0 unspecified atom stereocenters. The van der Waals surface area contributed by atoms with Gasteiger partial charge in [0.1, 0.15) is 27.8 Å². The monoisotopic (exact) mass is 575 g/mol. The molecule has 2 aliphatic heterocycles. The SMILES string of the molecule is Cc1cc(SCC2=C(C(=O)O)N3C(=O)[C@@H](NC(=O)C(=O)c4csc(N)n4)[C@H]3SC2)nc2nc(C(N)=O)nn12. The van der Waals surface area contributed by atoms with Crippen molar-refractivity contribution in [2.45, 2.75) is 23.4 Å². The van der Waals surface area contributed by atoms with Gasteiger partial charge in [0, 0.05) is 22.6 Å². The topological polar surface area (TPSA) is 229 Å². The number of nitrogen functional groups attached to an aromatic ring is 1. The number of thiazole rings is 1. The molecular formula is C20H17N9O6S3. The van der Waals surface area contributed by atoms with Crippen LogP contribution in [-0.2, 0) is 14.4 Å². The van der Waals surface area contributed by atoms with E-state index in [0.29, 0.717) is 16.3 Å². The fourth-order valence-corrected chi connectivity index (χ4v) is 6.81. The molecule has 3 amide bonds. The highest BCUT2D eigenvalue weighted by atomic mass is 32.2. The number of nitrogens with zero attached hydrogens (tertiary/aromatic N) is 6. The number of aryl methyl sites for hydroxylation is 1. The van der Waals surface area contributed by atoms with Gasteiger partial charge >= 0.3 is 5.97 Å². The van der Waals surface area contributed by atoms with Crippen LogP contribution in [0.15, 0.2) is 27.7 Å². The molecule has 0 aromatic carbocycles. The first-order valence-electron chi connectivity index (χ1n) is 10.7. The summed E-state index contributed by atoms with van der Waals surface area (Å²) in [6, 6.07) is 0.639. The molecule has 1 fully saturated rings. The number of nitrogens with two attached hydrogens (primary N) is 2. The predicted octanol–water partition coefficient (Wildman–Crippen LogP) is -0.716. The number of carboxylic acid groups (broad SMARTS) is 1. The zero-order valence-electron chi connectivity index (χ0n) is 19.3. The number of aromatic nitrogens is 5. The minimum Gasteiger partial charge on any atom is -0.477 e. The van der Waals surface area contributed by atoms with Crippen molar-refractivity contribution in [1.82, 2.24) is 34.8 Å². The lowest BCUT2D eigenvalue weighted by molar-refractivity contribution is -0.150. The number of rotatable bonds is 8. The van der Waals surface area contributed by atoms with E-state index in [1.807, 2.05) is 0 Å².